The average Bonchev–Trinajstić information content (AvgIpc) is 2.85. The van der Waals surface area contributed by atoms with E-state index in [1.807, 2.05) is 12.4 Å². The SMILES string of the molecule is Cc1ccncc1CN1CC2CCC(N)C2C1.Cl. The van der Waals surface area contributed by atoms with E-state index in [2.05, 4.69) is 22.9 Å². The summed E-state index contributed by atoms with van der Waals surface area (Å²) in [4.78, 5) is 6.78. The summed E-state index contributed by atoms with van der Waals surface area (Å²) in [6, 6.07) is 2.54. The molecule has 1 aliphatic heterocycles. The molecule has 0 bridgehead atoms. The van der Waals surface area contributed by atoms with Crippen LogP contribution in [-0.4, -0.2) is 29.0 Å². The van der Waals surface area contributed by atoms with Crippen molar-refractivity contribution in [1.82, 2.24) is 9.88 Å². The molecule has 1 aliphatic carbocycles. The highest BCUT2D eigenvalue weighted by Crippen LogP contribution is 2.37. The zero-order valence-electron chi connectivity index (χ0n) is 10.9. The minimum atomic E-state index is 0. The Hall–Kier alpha value is -0.640. The Morgan fingerprint density at radius 1 is 1.39 bits per heavy atom. The number of aryl methyl sites for hydroxylation is 1. The van der Waals surface area contributed by atoms with Crippen molar-refractivity contribution in [2.24, 2.45) is 17.6 Å². The highest BCUT2D eigenvalue weighted by molar-refractivity contribution is 5.85. The van der Waals surface area contributed by atoms with Crippen LogP contribution >= 0.6 is 12.4 Å². The summed E-state index contributed by atoms with van der Waals surface area (Å²) in [5, 5.41) is 0. The van der Waals surface area contributed by atoms with Crippen LogP contribution in [0.2, 0.25) is 0 Å². The first-order valence-electron chi connectivity index (χ1n) is 6.61. The molecule has 2 N–H and O–H groups in total. The molecule has 1 aromatic heterocycles. The van der Waals surface area contributed by atoms with Gasteiger partial charge in [0.25, 0.3) is 0 Å². The molecule has 4 heteroatoms. The molecule has 2 aliphatic rings. The zero-order valence-corrected chi connectivity index (χ0v) is 11.7. The van der Waals surface area contributed by atoms with Gasteiger partial charge < -0.3 is 5.73 Å². The van der Waals surface area contributed by atoms with Gasteiger partial charge in [0.05, 0.1) is 0 Å². The summed E-state index contributed by atoms with van der Waals surface area (Å²) < 4.78 is 0. The van der Waals surface area contributed by atoms with Gasteiger partial charge in [-0.25, -0.2) is 0 Å². The molecule has 0 radical (unpaired) electrons. The molecule has 3 nitrogen and oxygen atoms in total. The molecule has 0 spiro atoms. The van der Waals surface area contributed by atoms with Crippen molar-refractivity contribution in [3.05, 3.63) is 29.6 Å². The van der Waals surface area contributed by atoms with Gasteiger partial charge in [0, 0.05) is 38.1 Å². The maximum absolute atomic E-state index is 6.17. The molecule has 2 heterocycles. The van der Waals surface area contributed by atoms with Crippen molar-refractivity contribution in [2.45, 2.75) is 32.4 Å². The normalized spacial score (nSPS) is 31.1. The van der Waals surface area contributed by atoms with E-state index in [4.69, 9.17) is 5.73 Å². The first kappa shape index (κ1) is 13.8. The third-order valence-electron chi connectivity index (χ3n) is 4.53. The number of pyridine rings is 1. The topological polar surface area (TPSA) is 42.2 Å². The van der Waals surface area contributed by atoms with E-state index in [0.29, 0.717) is 6.04 Å². The fourth-order valence-corrected chi connectivity index (χ4v) is 3.43. The third kappa shape index (κ3) is 2.53. The van der Waals surface area contributed by atoms with Crippen molar-refractivity contribution in [3.8, 4) is 0 Å². The van der Waals surface area contributed by atoms with Crippen LogP contribution in [0.25, 0.3) is 0 Å². The molecular weight excluding hydrogens is 246 g/mol. The standard InChI is InChI=1S/C14H21N3.ClH/c1-10-4-5-16-6-12(10)8-17-7-11-2-3-14(15)13(11)9-17;/h4-6,11,13-14H,2-3,7-9,15H2,1H3;1H. The lowest BCUT2D eigenvalue weighted by Crippen LogP contribution is -2.30. The fourth-order valence-electron chi connectivity index (χ4n) is 3.43. The molecule has 3 rings (SSSR count). The van der Waals surface area contributed by atoms with Crippen LogP contribution in [0.15, 0.2) is 18.5 Å². The minimum Gasteiger partial charge on any atom is -0.327 e. The predicted molar refractivity (Wildman–Crippen MR) is 75.7 cm³/mol. The molecule has 1 saturated heterocycles. The van der Waals surface area contributed by atoms with Crippen LogP contribution in [0.5, 0.6) is 0 Å². The van der Waals surface area contributed by atoms with E-state index >= 15 is 0 Å². The van der Waals surface area contributed by atoms with Gasteiger partial charge in [-0.15, -0.1) is 12.4 Å². The van der Waals surface area contributed by atoms with Crippen LogP contribution in [-0.2, 0) is 6.54 Å². The monoisotopic (exact) mass is 267 g/mol. The second-order valence-corrected chi connectivity index (χ2v) is 5.66. The van der Waals surface area contributed by atoms with Crippen molar-refractivity contribution in [1.29, 1.82) is 0 Å². The van der Waals surface area contributed by atoms with E-state index in [1.165, 1.54) is 37.1 Å². The molecule has 2 fully saturated rings. The number of fused-ring (bicyclic) bond motifs is 1. The summed E-state index contributed by atoms with van der Waals surface area (Å²) in [5.41, 5.74) is 8.88. The lowest BCUT2D eigenvalue weighted by molar-refractivity contribution is 0.297. The number of rotatable bonds is 2. The van der Waals surface area contributed by atoms with E-state index in [1.54, 1.807) is 0 Å². The Bertz CT molecular complexity index is 410. The molecule has 1 saturated carbocycles. The summed E-state index contributed by atoms with van der Waals surface area (Å²) in [7, 11) is 0. The molecular formula is C14H22ClN3. The Kier molecular flexibility index (Phi) is 4.25. The number of nitrogens with two attached hydrogens (primary N) is 1. The molecule has 3 atom stereocenters. The number of hydrogen-bond acceptors (Lipinski definition) is 3. The number of aromatic nitrogens is 1. The Balaban J connectivity index is 0.00000120. The molecule has 18 heavy (non-hydrogen) atoms. The Morgan fingerprint density at radius 3 is 2.94 bits per heavy atom. The number of likely N-dealkylation sites (tertiary alicyclic amines) is 1. The zero-order chi connectivity index (χ0) is 11.8. The molecule has 1 aromatic rings. The van der Waals surface area contributed by atoms with Gasteiger partial charge in [-0.3, -0.25) is 9.88 Å². The van der Waals surface area contributed by atoms with Crippen molar-refractivity contribution < 1.29 is 0 Å². The average molecular weight is 268 g/mol. The summed E-state index contributed by atoms with van der Waals surface area (Å²) in [6.07, 6.45) is 6.43. The lowest BCUT2D eigenvalue weighted by Gasteiger charge is -2.19. The Labute approximate surface area is 115 Å². The summed E-state index contributed by atoms with van der Waals surface area (Å²) in [6.45, 7) is 5.62. The van der Waals surface area contributed by atoms with Gasteiger partial charge in [0.15, 0.2) is 0 Å². The van der Waals surface area contributed by atoms with Crippen molar-refractivity contribution in [3.63, 3.8) is 0 Å². The van der Waals surface area contributed by atoms with Gasteiger partial charge in [0.2, 0.25) is 0 Å². The lowest BCUT2D eigenvalue weighted by atomic mass is 9.98. The van der Waals surface area contributed by atoms with Gasteiger partial charge in [-0.05, 0) is 48.8 Å². The van der Waals surface area contributed by atoms with Crippen LogP contribution in [0.4, 0.5) is 0 Å². The molecule has 100 valence electrons. The molecule has 0 aromatic carbocycles. The van der Waals surface area contributed by atoms with Gasteiger partial charge >= 0.3 is 0 Å². The predicted octanol–water partition coefficient (Wildman–Crippen LogP) is 1.98. The van der Waals surface area contributed by atoms with E-state index in [9.17, 15) is 0 Å². The second-order valence-electron chi connectivity index (χ2n) is 5.66. The number of hydrogen-bond donors (Lipinski definition) is 1. The van der Waals surface area contributed by atoms with E-state index < -0.39 is 0 Å². The quantitative estimate of drug-likeness (QED) is 0.891. The van der Waals surface area contributed by atoms with Crippen molar-refractivity contribution >= 4 is 12.4 Å². The van der Waals surface area contributed by atoms with Crippen LogP contribution < -0.4 is 5.73 Å². The minimum absolute atomic E-state index is 0. The Morgan fingerprint density at radius 2 is 2.22 bits per heavy atom. The van der Waals surface area contributed by atoms with Crippen LogP contribution in [0.3, 0.4) is 0 Å². The number of halogens is 1. The van der Waals surface area contributed by atoms with Gasteiger partial charge in [-0.2, -0.15) is 0 Å². The van der Waals surface area contributed by atoms with Gasteiger partial charge in [-0.1, -0.05) is 0 Å². The maximum Gasteiger partial charge on any atom is 0.0315 e. The first-order valence-corrected chi connectivity index (χ1v) is 6.61. The van der Waals surface area contributed by atoms with Crippen LogP contribution in [0, 0.1) is 18.8 Å². The van der Waals surface area contributed by atoms with Crippen molar-refractivity contribution in [2.75, 3.05) is 13.1 Å². The van der Waals surface area contributed by atoms with E-state index in [0.717, 1.165) is 18.4 Å². The smallest absolute Gasteiger partial charge is 0.0315 e. The summed E-state index contributed by atoms with van der Waals surface area (Å²) in [5.74, 6) is 1.59. The molecule has 0 amide bonds. The second kappa shape index (κ2) is 5.55. The van der Waals surface area contributed by atoms with Gasteiger partial charge in [0.1, 0.15) is 0 Å². The third-order valence-corrected chi connectivity index (χ3v) is 4.53. The largest absolute Gasteiger partial charge is 0.327 e. The van der Waals surface area contributed by atoms with Crippen LogP contribution in [0.1, 0.15) is 24.0 Å². The highest BCUT2D eigenvalue weighted by Gasteiger charge is 2.40. The summed E-state index contributed by atoms with van der Waals surface area (Å²) >= 11 is 0. The maximum atomic E-state index is 6.17. The first-order chi connectivity index (χ1) is 8.24. The number of nitrogens with zero attached hydrogens (tertiary/aromatic N) is 2. The van der Waals surface area contributed by atoms with E-state index in [-0.39, 0.29) is 12.4 Å². The fraction of sp³-hybridized carbons (Fsp3) is 0.643. The molecule has 3 unspecified atom stereocenters. The highest BCUT2D eigenvalue weighted by atomic mass is 35.5.